The molecule has 0 aliphatic heterocycles. The van der Waals surface area contributed by atoms with Crippen LogP contribution in [0.3, 0.4) is 0 Å². The molecule has 2 aromatic rings. The van der Waals surface area contributed by atoms with E-state index in [2.05, 4.69) is 5.32 Å². The van der Waals surface area contributed by atoms with Crippen LogP contribution in [-0.4, -0.2) is 62.0 Å². The van der Waals surface area contributed by atoms with Crippen molar-refractivity contribution in [3.8, 4) is 5.75 Å². The average Bonchev–Trinajstić information content (AvgIpc) is 2.86. The van der Waals surface area contributed by atoms with E-state index in [0.717, 1.165) is 16.6 Å². The minimum absolute atomic E-state index is 0.0217. The number of non-ortho nitro benzene ring substituents is 1. The molecule has 2 amide bonds. The van der Waals surface area contributed by atoms with E-state index in [4.69, 9.17) is 4.74 Å². The van der Waals surface area contributed by atoms with E-state index in [1.54, 1.807) is 38.1 Å². The number of nitro groups is 1. The summed E-state index contributed by atoms with van der Waals surface area (Å²) >= 11 is 0. The number of hydrogen-bond donors (Lipinski definition) is 1. The monoisotopic (exact) mass is 548 g/mol. The minimum atomic E-state index is -4.03. The fourth-order valence-corrected chi connectivity index (χ4v) is 4.80. The lowest BCUT2D eigenvalue weighted by Gasteiger charge is -2.33. The van der Waals surface area contributed by atoms with Crippen LogP contribution in [0.1, 0.15) is 44.7 Å². The molecule has 0 saturated carbocycles. The highest BCUT2D eigenvalue weighted by atomic mass is 32.2. The van der Waals surface area contributed by atoms with E-state index in [-0.39, 0.29) is 36.3 Å². The van der Waals surface area contributed by atoms with Gasteiger partial charge < -0.3 is 15.0 Å². The van der Waals surface area contributed by atoms with Crippen molar-refractivity contribution >= 4 is 33.2 Å². The van der Waals surface area contributed by atoms with Crippen LogP contribution in [0, 0.1) is 17.0 Å². The number of rotatable bonds is 13. The molecule has 0 heterocycles. The molecule has 1 N–H and O–H groups in total. The van der Waals surface area contributed by atoms with Gasteiger partial charge in [-0.2, -0.15) is 0 Å². The number of hydrogen-bond acceptors (Lipinski definition) is 7. The van der Waals surface area contributed by atoms with Gasteiger partial charge in [0, 0.05) is 24.7 Å². The molecule has 0 bridgehead atoms. The zero-order valence-corrected chi connectivity index (χ0v) is 23.4. The highest BCUT2D eigenvalue weighted by Crippen LogP contribution is 2.28. The Balaban J connectivity index is 2.54. The van der Waals surface area contributed by atoms with Gasteiger partial charge in [-0.05, 0) is 49.9 Å². The molecule has 0 fully saturated rings. The number of nitrogens with zero attached hydrogens (tertiary/aromatic N) is 3. The summed E-state index contributed by atoms with van der Waals surface area (Å²) in [5.41, 5.74) is 0.840. The molecule has 0 aliphatic carbocycles. The lowest BCUT2D eigenvalue weighted by atomic mass is 10.1. The number of ether oxygens (including phenoxy) is 1. The summed E-state index contributed by atoms with van der Waals surface area (Å²) in [6.07, 6.45) is 1.91. The Morgan fingerprint density at radius 3 is 2.37 bits per heavy atom. The summed E-state index contributed by atoms with van der Waals surface area (Å²) in [5.74, 6) is -0.414. The maximum Gasteiger partial charge on any atom is 0.271 e. The summed E-state index contributed by atoms with van der Waals surface area (Å²) in [7, 11) is -2.51. The zero-order valence-electron chi connectivity index (χ0n) is 22.6. The SMILES string of the molecule is CCC(C)NC(=O)C(CC)N(Cc1cccc(OC)c1)C(=O)CN(c1cc([N+](=O)[O-])ccc1C)S(C)(=O)=O. The number of nitro benzene ring substituents is 1. The molecule has 0 aromatic heterocycles. The van der Waals surface area contributed by atoms with Gasteiger partial charge in [0.2, 0.25) is 21.8 Å². The third-order valence-electron chi connectivity index (χ3n) is 6.23. The number of sulfonamides is 1. The zero-order chi connectivity index (χ0) is 28.6. The summed E-state index contributed by atoms with van der Waals surface area (Å²) in [6.45, 7) is 6.54. The van der Waals surface area contributed by atoms with Gasteiger partial charge in [0.05, 0.1) is 24.0 Å². The summed E-state index contributed by atoms with van der Waals surface area (Å²) in [5, 5.41) is 14.3. The van der Waals surface area contributed by atoms with Gasteiger partial charge in [0.1, 0.15) is 18.3 Å². The topological polar surface area (TPSA) is 139 Å². The standard InChI is InChI=1S/C26H36N4O7S/c1-7-19(4)27-26(32)23(8-2)28(16-20-10-9-11-22(14-20)37-5)25(31)17-29(38(6,35)36)24-15-21(30(33)34)13-12-18(24)3/h9-15,19,23H,7-8,16-17H2,1-6H3,(H,27,32). The summed E-state index contributed by atoms with van der Waals surface area (Å²) in [6, 6.07) is 9.84. The normalized spacial score (nSPS) is 12.8. The van der Waals surface area contributed by atoms with E-state index in [1.165, 1.54) is 24.1 Å². The minimum Gasteiger partial charge on any atom is -0.497 e. The van der Waals surface area contributed by atoms with Gasteiger partial charge in [0.15, 0.2) is 0 Å². The van der Waals surface area contributed by atoms with Crippen molar-refractivity contribution in [2.75, 3.05) is 24.2 Å². The average molecular weight is 549 g/mol. The second-order valence-corrected chi connectivity index (χ2v) is 11.0. The predicted molar refractivity (Wildman–Crippen MR) is 146 cm³/mol. The second-order valence-electron chi connectivity index (χ2n) is 9.11. The molecule has 0 radical (unpaired) electrons. The molecule has 0 spiro atoms. The largest absolute Gasteiger partial charge is 0.497 e. The third kappa shape index (κ3) is 7.91. The Labute approximate surface area is 224 Å². The first kappa shape index (κ1) is 30.6. The maximum atomic E-state index is 13.8. The van der Waals surface area contributed by atoms with Gasteiger partial charge >= 0.3 is 0 Å². The molecule has 11 nitrogen and oxygen atoms in total. The molecule has 208 valence electrons. The van der Waals surface area contributed by atoms with Gasteiger partial charge in [-0.3, -0.25) is 24.0 Å². The van der Waals surface area contributed by atoms with Gasteiger partial charge in [-0.1, -0.05) is 32.0 Å². The van der Waals surface area contributed by atoms with Gasteiger partial charge in [-0.25, -0.2) is 8.42 Å². The lowest BCUT2D eigenvalue weighted by Crippen LogP contribution is -2.53. The Hall–Kier alpha value is -3.67. The van der Waals surface area contributed by atoms with Crippen molar-refractivity contribution in [3.63, 3.8) is 0 Å². The molecule has 2 atom stereocenters. The number of carbonyl (C=O) groups is 2. The molecule has 38 heavy (non-hydrogen) atoms. The quantitative estimate of drug-likeness (QED) is 0.299. The molecule has 12 heteroatoms. The van der Waals surface area contributed by atoms with Crippen molar-refractivity contribution in [3.05, 3.63) is 63.7 Å². The van der Waals surface area contributed by atoms with Crippen molar-refractivity contribution in [1.29, 1.82) is 0 Å². The van der Waals surface area contributed by atoms with E-state index < -0.39 is 33.4 Å². The molecule has 2 aromatic carbocycles. The summed E-state index contributed by atoms with van der Waals surface area (Å²) in [4.78, 5) is 39.0. The highest BCUT2D eigenvalue weighted by molar-refractivity contribution is 7.92. The Morgan fingerprint density at radius 1 is 1.13 bits per heavy atom. The molecule has 0 saturated heterocycles. The molecular formula is C26H36N4O7S. The van der Waals surface area contributed by atoms with E-state index in [1.807, 2.05) is 13.8 Å². The Morgan fingerprint density at radius 2 is 1.82 bits per heavy atom. The Kier molecular flexibility index (Phi) is 10.6. The van der Waals surface area contributed by atoms with Crippen molar-refractivity contribution < 1.29 is 27.7 Å². The molecule has 2 rings (SSSR count). The van der Waals surface area contributed by atoms with Crippen molar-refractivity contribution in [2.45, 2.75) is 59.2 Å². The van der Waals surface area contributed by atoms with Crippen LogP contribution in [0.15, 0.2) is 42.5 Å². The van der Waals surface area contributed by atoms with Crippen LogP contribution in [0.25, 0.3) is 0 Å². The van der Waals surface area contributed by atoms with E-state index in [9.17, 15) is 28.1 Å². The number of aryl methyl sites for hydroxylation is 1. The first-order chi connectivity index (χ1) is 17.8. The van der Waals surface area contributed by atoms with Crippen LogP contribution in [0.4, 0.5) is 11.4 Å². The molecular weight excluding hydrogens is 512 g/mol. The number of nitrogens with one attached hydrogen (secondary N) is 1. The van der Waals surface area contributed by atoms with Crippen LogP contribution in [0.5, 0.6) is 5.75 Å². The van der Waals surface area contributed by atoms with Crippen molar-refractivity contribution in [1.82, 2.24) is 10.2 Å². The molecule has 2 unspecified atom stereocenters. The third-order valence-corrected chi connectivity index (χ3v) is 7.35. The van der Waals surface area contributed by atoms with Crippen LogP contribution in [0.2, 0.25) is 0 Å². The predicted octanol–water partition coefficient (Wildman–Crippen LogP) is 3.40. The number of anilines is 1. The smallest absolute Gasteiger partial charge is 0.271 e. The fraction of sp³-hybridized carbons (Fsp3) is 0.462. The number of benzene rings is 2. The van der Waals surface area contributed by atoms with Gasteiger partial charge in [0.25, 0.3) is 5.69 Å². The van der Waals surface area contributed by atoms with Crippen molar-refractivity contribution in [2.24, 2.45) is 0 Å². The van der Waals surface area contributed by atoms with Crippen LogP contribution in [-0.2, 0) is 26.2 Å². The van der Waals surface area contributed by atoms with Crippen LogP contribution < -0.4 is 14.4 Å². The maximum absolute atomic E-state index is 13.8. The Bertz CT molecular complexity index is 1270. The van der Waals surface area contributed by atoms with E-state index >= 15 is 0 Å². The second kappa shape index (κ2) is 13.2. The first-order valence-corrected chi connectivity index (χ1v) is 14.1. The number of carbonyl (C=O) groups excluding carboxylic acids is 2. The lowest BCUT2D eigenvalue weighted by molar-refractivity contribution is -0.384. The summed E-state index contributed by atoms with van der Waals surface area (Å²) < 4.78 is 31.8. The number of methoxy groups -OCH3 is 1. The number of amides is 2. The molecule has 0 aliphatic rings. The van der Waals surface area contributed by atoms with Crippen LogP contribution >= 0.6 is 0 Å². The fourth-order valence-electron chi connectivity index (χ4n) is 3.90. The first-order valence-electron chi connectivity index (χ1n) is 12.3. The van der Waals surface area contributed by atoms with E-state index in [0.29, 0.717) is 23.3 Å². The van der Waals surface area contributed by atoms with Gasteiger partial charge in [-0.15, -0.1) is 0 Å². The highest BCUT2D eigenvalue weighted by Gasteiger charge is 2.33.